The van der Waals surface area contributed by atoms with Crippen LogP contribution in [-0.2, 0) is 0 Å². The van der Waals surface area contributed by atoms with Crippen LogP contribution in [0.3, 0.4) is 0 Å². The molecule has 0 heterocycles. The third kappa shape index (κ3) is 2.77. The number of rotatable bonds is 3. The second kappa shape index (κ2) is 5.95. The molecule has 3 fully saturated rings. The lowest BCUT2D eigenvalue weighted by atomic mass is 9.82. The highest BCUT2D eigenvalue weighted by Crippen LogP contribution is 2.54. The highest BCUT2D eigenvalue weighted by Gasteiger charge is 2.42. The van der Waals surface area contributed by atoms with Crippen molar-refractivity contribution >= 4 is 11.6 Å². The predicted molar refractivity (Wildman–Crippen MR) is 89.8 cm³/mol. The number of benzene rings is 1. The molecule has 0 radical (unpaired) electrons. The van der Waals surface area contributed by atoms with Crippen molar-refractivity contribution in [3.8, 4) is 0 Å². The Balaban J connectivity index is 1.45. The minimum Gasteiger partial charge on any atom is -0.118 e. The second-order valence-electron chi connectivity index (χ2n) is 7.74. The molecule has 0 saturated heterocycles. The molecule has 0 nitrogen and oxygen atoms in total. The summed E-state index contributed by atoms with van der Waals surface area (Å²) in [5.74, 6) is 3.45. The lowest BCUT2D eigenvalue weighted by Gasteiger charge is -2.27. The average molecular weight is 303 g/mol. The molecule has 2 bridgehead atoms. The molecule has 0 amide bonds. The van der Waals surface area contributed by atoms with Crippen LogP contribution in [0.15, 0.2) is 24.3 Å². The molecule has 4 unspecified atom stereocenters. The van der Waals surface area contributed by atoms with Crippen molar-refractivity contribution in [1.29, 1.82) is 0 Å². The highest BCUT2D eigenvalue weighted by atomic mass is 35.5. The Morgan fingerprint density at radius 2 is 1.62 bits per heavy atom. The van der Waals surface area contributed by atoms with Crippen molar-refractivity contribution in [2.75, 3.05) is 0 Å². The van der Waals surface area contributed by atoms with Gasteiger partial charge in [-0.2, -0.15) is 0 Å². The minimum atomic E-state index is 0.251. The van der Waals surface area contributed by atoms with E-state index in [0.717, 1.165) is 23.7 Å². The van der Waals surface area contributed by atoms with E-state index in [1.807, 2.05) is 0 Å². The fourth-order valence-electron chi connectivity index (χ4n) is 5.29. The average Bonchev–Trinajstić information content (AvgIpc) is 3.18. The predicted octanol–water partition coefficient (Wildman–Crippen LogP) is 6.45. The fourth-order valence-corrected chi connectivity index (χ4v) is 5.74. The molecule has 1 aromatic rings. The monoisotopic (exact) mass is 302 g/mol. The molecule has 1 heteroatoms. The van der Waals surface area contributed by atoms with E-state index in [1.54, 1.807) is 5.56 Å². The Kier molecular flexibility index (Phi) is 4.00. The summed E-state index contributed by atoms with van der Waals surface area (Å²) in [5.41, 5.74) is 2.92. The maximum Gasteiger partial charge on any atom is 0.0616 e. The van der Waals surface area contributed by atoms with Gasteiger partial charge >= 0.3 is 0 Å². The van der Waals surface area contributed by atoms with E-state index in [4.69, 9.17) is 11.6 Å². The molecule has 3 aliphatic rings. The third-order valence-electron chi connectivity index (χ3n) is 6.50. The summed E-state index contributed by atoms with van der Waals surface area (Å²) < 4.78 is 0. The number of hydrogen-bond acceptors (Lipinski definition) is 0. The molecular weight excluding hydrogens is 276 g/mol. The van der Waals surface area contributed by atoms with Crippen molar-refractivity contribution in [1.82, 2.24) is 0 Å². The first-order chi connectivity index (χ1) is 10.3. The lowest BCUT2D eigenvalue weighted by molar-refractivity contribution is 0.323. The van der Waals surface area contributed by atoms with E-state index in [2.05, 4.69) is 24.3 Å². The van der Waals surface area contributed by atoms with Crippen LogP contribution in [0.25, 0.3) is 0 Å². The largest absolute Gasteiger partial charge is 0.118 e. The van der Waals surface area contributed by atoms with Crippen LogP contribution >= 0.6 is 11.6 Å². The molecular formula is C20H27Cl. The molecule has 0 N–H and O–H groups in total. The first kappa shape index (κ1) is 14.1. The van der Waals surface area contributed by atoms with Crippen LogP contribution in [0.4, 0.5) is 0 Å². The van der Waals surface area contributed by atoms with Gasteiger partial charge in [0.1, 0.15) is 0 Å². The Hall–Kier alpha value is -0.490. The standard InChI is InChI=1S/C20H27Cl/c21-20(19-13-14-6-7-18(19)12-14)17-10-8-16(9-11-17)15-4-2-1-3-5-15/h8-11,14-15,18-20H,1-7,12-13H2. The fraction of sp³-hybridized carbons (Fsp3) is 0.700. The summed E-state index contributed by atoms with van der Waals surface area (Å²) >= 11 is 6.84. The topological polar surface area (TPSA) is 0 Å². The molecule has 3 aliphatic carbocycles. The van der Waals surface area contributed by atoms with Crippen molar-refractivity contribution < 1.29 is 0 Å². The third-order valence-corrected chi connectivity index (χ3v) is 7.08. The quantitative estimate of drug-likeness (QED) is 0.563. The van der Waals surface area contributed by atoms with Crippen LogP contribution in [-0.4, -0.2) is 0 Å². The summed E-state index contributed by atoms with van der Waals surface area (Å²) in [4.78, 5) is 0. The van der Waals surface area contributed by atoms with Gasteiger partial charge in [-0.1, -0.05) is 49.9 Å². The first-order valence-electron chi connectivity index (χ1n) is 9.05. The summed E-state index contributed by atoms with van der Waals surface area (Å²) in [6, 6.07) is 9.39. The van der Waals surface area contributed by atoms with Crippen LogP contribution in [0.5, 0.6) is 0 Å². The van der Waals surface area contributed by atoms with Crippen molar-refractivity contribution in [2.24, 2.45) is 17.8 Å². The van der Waals surface area contributed by atoms with E-state index in [9.17, 15) is 0 Å². The maximum absolute atomic E-state index is 6.84. The van der Waals surface area contributed by atoms with Gasteiger partial charge in [0.2, 0.25) is 0 Å². The second-order valence-corrected chi connectivity index (χ2v) is 8.21. The van der Waals surface area contributed by atoms with Gasteiger partial charge in [-0.15, -0.1) is 11.6 Å². The zero-order valence-electron chi connectivity index (χ0n) is 12.9. The zero-order valence-corrected chi connectivity index (χ0v) is 13.7. The SMILES string of the molecule is ClC(c1ccc(C2CCCCC2)cc1)C1CC2CCC1C2. The van der Waals surface area contributed by atoms with Crippen LogP contribution in [0.2, 0.25) is 0 Å². The maximum atomic E-state index is 6.84. The number of hydrogen-bond donors (Lipinski definition) is 0. The smallest absolute Gasteiger partial charge is 0.0616 e. The Labute approximate surface area is 134 Å². The summed E-state index contributed by atoms with van der Waals surface area (Å²) in [5, 5.41) is 0.251. The van der Waals surface area contributed by atoms with Crippen molar-refractivity contribution in [3.63, 3.8) is 0 Å². The van der Waals surface area contributed by atoms with Gasteiger partial charge < -0.3 is 0 Å². The van der Waals surface area contributed by atoms with E-state index >= 15 is 0 Å². The van der Waals surface area contributed by atoms with Gasteiger partial charge in [-0.3, -0.25) is 0 Å². The molecule has 1 aromatic carbocycles. The van der Waals surface area contributed by atoms with Crippen LogP contribution < -0.4 is 0 Å². The number of fused-ring (bicyclic) bond motifs is 2. The highest BCUT2D eigenvalue weighted by molar-refractivity contribution is 6.21. The Bertz CT molecular complexity index is 471. The van der Waals surface area contributed by atoms with Gasteiger partial charge in [-0.25, -0.2) is 0 Å². The van der Waals surface area contributed by atoms with E-state index < -0.39 is 0 Å². The van der Waals surface area contributed by atoms with Crippen LogP contribution in [0, 0.1) is 17.8 Å². The van der Waals surface area contributed by atoms with Crippen LogP contribution in [0.1, 0.15) is 80.2 Å². The molecule has 3 saturated carbocycles. The first-order valence-corrected chi connectivity index (χ1v) is 9.49. The molecule has 0 aliphatic heterocycles. The molecule has 4 atom stereocenters. The molecule has 0 spiro atoms. The van der Waals surface area contributed by atoms with Crippen molar-refractivity contribution in [3.05, 3.63) is 35.4 Å². The van der Waals surface area contributed by atoms with E-state index in [1.165, 1.54) is 63.4 Å². The van der Waals surface area contributed by atoms with E-state index in [-0.39, 0.29) is 5.38 Å². The van der Waals surface area contributed by atoms with Gasteiger partial charge in [0.15, 0.2) is 0 Å². The zero-order chi connectivity index (χ0) is 14.2. The molecule has 21 heavy (non-hydrogen) atoms. The summed E-state index contributed by atoms with van der Waals surface area (Å²) in [7, 11) is 0. The summed E-state index contributed by atoms with van der Waals surface area (Å²) in [6.45, 7) is 0. The van der Waals surface area contributed by atoms with Gasteiger partial charge in [0.25, 0.3) is 0 Å². The molecule has 0 aromatic heterocycles. The number of halogens is 1. The Morgan fingerprint density at radius 1 is 0.857 bits per heavy atom. The van der Waals surface area contributed by atoms with Gasteiger partial charge in [0, 0.05) is 0 Å². The molecule has 114 valence electrons. The van der Waals surface area contributed by atoms with Gasteiger partial charge in [0.05, 0.1) is 5.38 Å². The van der Waals surface area contributed by atoms with Gasteiger partial charge in [-0.05, 0) is 66.9 Å². The van der Waals surface area contributed by atoms with E-state index in [0.29, 0.717) is 0 Å². The normalized spacial score (nSPS) is 34.2. The minimum absolute atomic E-state index is 0.251. The number of alkyl halides is 1. The molecule has 4 rings (SSSR count). The Morgan fingerprint density at radius 3 is 2.24 bits per heavy atom. The summed E-state index contributed by atoms with van der Waals surface area (Å²) in [6.07, 6.45) is 12.8. The van der Waals surface area contributed by atoms with Crippen molar-refractivity contribution in [2.45, 2.75) is 69.1 Å². The lowest BCUT2D eigenvalue weighted by Crippen LogP contribution is -2.16.